The minimum atomic E-state index is -0.00541. The van der Waals surface area contributed by atoms with Crippen LogP contribution in [0.2, 0.25) is 0 Å². The molecular weight excluding hydrogens is 224 g/mol. The topological polar surface area (TPSA) is 37.8 Å². The Kier molecular flexibility index (Phi) is 4.03. The maximum Gasteiger partial charge on any atom is 0.326 e. The molecule has 1 heterocycles. The Labute approximate surface area is 107 Å². The molecule has 0 saturated heterocycles. The highest BCUT2D eigenvalue weighted by Gasteiger charge is 2.12. The Balaban J connectivity index is 2.35. The molecule has 0 amide bonds. The van der Waals surface area contributed by atoms with Gasteiger partial charge in [-0.1, -0.05) is 50.6 Å². The predicted molar refractivity (Wildman–Crippen MR) is 74.7 cm³/mol. The molecule has 0 fully saturated rings. The molecular formula is C15H20N2O. The third-order valence-electron chi connectivity index (χ3n) is 3.32. The Hall–Kier alpha value is -1.77. The van der Waals surface area contributed by atoms with Gasteiger partial charge in [-0.2, -0.15) is 0 Å². The van der Waals surface area contributed by atoms with Crippen LogP contribution in [-0.2, 0) is 0 Å². The van der Waals surface area contributed by atoms with Gasteiger partial charge >= 0.3 is 5.69 Å². The molecule has 3 nitrogen and oxygen atoms in total. The summed E-state index contributed by atoms with van der Waals surface area (Å²) in [5, 5.41) is 0. The van der Waals surface area contributed by atoms with Crippen LogP contribution in [0.3, 0.4) is 0 Å². The summed E-state index contributed by atoms with van der Waals surface area (Å²) in [4.78, 5) is 14.9. The van der Waals surface area contributed by atoms with Gasteiger partial charge < -0.3 is 4.98 Å². The molecule has 0 aliphatic carbocycles. The summed E-state index contributed by atoms with van der Waals surface area (Å²) in [6.45, 7) is 4.28. The number of rotatable bonds is 5. The summed E-state index contributed by atoms with van der Waals surface area (Å²) >= 11 is 0. The fraction of sp³-hybridized carbons (Fsp3) is 0.400. The smallest absolute Gasteiger partial charge is 0.306 e. The molecule has 1 atom stereocenters. The van der Waals surface area contributed by atoms with Crippen LogP contribution in [0.4, 0.5) is 0 Å². The average molecular weight is 244 g/mol. The van der Waals surface area contributed by atoms with Crippen molar-refractivity contribution < 1.29 is 0 Å². The van der Waals surface area contributed by atoms with E-state index in [4.69, 9.17) is 0 Å². The molecule has 2 aromatic rings. The number of aromatic nitrogens is 2. The average Bonchev–Trinajstić information content (AvgIpc) is 2.79. The van der Waals surface area contributed by atoms with Gasteiger partial charge in [0.15, 0.2) is 0 Å². The summed E-state index contributed by atoms with van der Waals surface area (Å²) in [5.74, 6) is 0. The van der Waals surface area contributed by atoms with Crippen molar-refractivity contribution in [1.29, 1.82) is 0 Å². The molecule has 2 rings (SSSR count). The van der Waals surface area contributed by atoms with Crippen molar-refractivity contribution in [3.05, 3.63) is 47.0 Å². The highest BCUT2D eigenvalue weighted by molar-refractivity contribution is 5.57. The minimum absolute atomic E-state index is 0.00541. The fourth-order valence-corrected chi connectivity index (χ4v) is 2.32. The van der Waals surface area contributed by atoms with Crippen LogP contribution in [0, 0.1) is 0 Å². The van der Waals surface area contributed by atoms with Crippen LogP contribution in [-0.4, -0.2) is 9.55 Å². The molecule has 1 unspecified atom stereocenters. The van der Waals surface area contributed by atoms with Crippen LogP contribution in [0.25, 0.3) is 11.3 Å². The third-order valence-corrected chi connectivity index (χ3v) is 3.32. The summed E-state index contributed by atoms with van der Waals surface area (Å²) in [6, 6.07) is 10.3. The van der Waals surface area contributed by atoms with Crippen LogP contribution in [0.1, 0.15) is 39.2 Å². The van der Waals surface area contributed by atoms with E-state index < -0.39 is 0 Å². The number of imidazole rings is 1. The standard InChI is InChI=1S/C15H20N2O/c1-3-8-13(4-2)17-11-14(16-15(17)18)12-9-6-5-7-10-12/h5-7,9-11,13H,3-4,8H2,1-2H3,(H,16,18). The van der Waals surface area contributed by atoms with E-state index >= 15 is 0 Å². The maximum atomic E-state index is 12.0. The number of aromatic amines is 1. The van der Waals surface area contributed by atoms with Crippen molar-refractivity contribution in [3.8, 4) is 11.3 Å². The van der Waals surface area contributed by atoms with Gasteiger partial charge in [-0.25, -0.2) is 4.79 Å². The van der Waals surface area contributed by atoms with E-state index in [0.717, 1.165) is 30.5 Å². The maximum absolute atomic E-state index is 12.0. The predicted octanol–water partition coefficient (Wildman–Crippen LogP) is 3.59. The van der Waals surface area contributed by atoms with Crippen LogP contribution >= 0.6 is 0 Å². The molecule has 1 aromatic heterocycles. The van der Waals surface area contributed by atoms with E-state index in [9.17, 15) is 4.79 Å². The van der Waals surface area contributed by atoms with E-state index in [1.165, 1.54) is 0 Å². The van der Waals surface area contributed by atoms with Crippen molar-refractivity contribution in [2.75, 3.05) is 0 Å². The number of nitrogens with zero attached hydrogens (tertiary/aromatic N) is 1. The molecule has 96 valence electrons. The van der Waals surface area contributed by atoms with E-state index in [1.54, 1.807) is 0 Å². The second kappa shape index (κ2) is 5.71. The SMILES string of the molecule is CCCC(CC)n1cc(-c2ccccc2)[nH]c1=O. The first-order chi connectivity index (χ1) is 8.76. The van der Waals surface area contributed by atoms with Gasteiger partial charge in [0.1, 0.15) is 0 Å². The molecule has 18 heavy (non-hydrogen) atoms. The van der Waals surface area contributed by atoms with Gasteiger partial charge in [-0.15, -0.1) is 0 Å². The summed E-state index contributed by atoms with van der Waals surface area (Å²) in [7, 11) is 0. The highest BCUT2D eigenvalue weighted by Crippen LogP contribution is 2.20. The lowest BCUT2D eigenvalue weighted by Gasteiger charge is -2.13. The van der Waals surface area contributed by atoms with Crippen molar-refractivity contribution >= 4 is 0 Å². The van der Waals surface area contributed by atoms with Crippen molar-refractivity contribution in [1.82, 2.24) is 9.55 Å². The molecule has 0 spiro atoms. The lowest BCUT2D eigenvalue weighted by Crippen LogP contribution is -2.21. The molecule has 0 radical (unpaired) electrons. The van der Waals surface area contributed by atoms with E-state index in [0.29, 0.717) is 6.04 Å². The Morgan fingerprint density at radius 1 is 1.22 bits per heavy atom. The van der Waals surface area contributed by atoms with Gasteiger partial charge in [0.2, 0.25) is 0 Å². The third kappa shape index (κ3) is 2.55. The molecule has 3 heteroatoms. The van der Waals surface area contributed by atoms with Gasteiger partial charge in [-0.3, -0.25) is 4.57 Å². The monoisotopic (exact) mass is 244 g/mol. The van der Waals surface area contributed by atoms with E-state index in [2.05, 4.69) is 18.8 Å². The Bertz CT molecular complexity index is 539. The molecule has 0 saturated carbocycles. The fourth-order valence-electron chi connectivity index (χ4n) is 2.32. The molecule has 0 aliphatic heterocycles. The van der Waals surface area contributed by atoms with Crippen LogP contribution in [0.5, 0.6) is 0 Å². The van der Waals surface area contributed by atoms with Gasteiger partial charge in [0.25, 0.3) is 0 Å². The first kappa shape index (κ1) is 12.7. The normalized spacial score (nSPS) is 12.6. The number of hydrogen-bond donors (Lipinski definition) is 1. The summed E-state index contributed by atoms with van der Waals surface area (Å²) in [6.07, 6.45) is 5.07. The van der Waals surface area contributed by atoms with Crippen LogP contribution in [0.15, 0.2) is 41.3 Å². The zero-order chi connectivity index (χ0) is 13.0. The number of hydrogen-bond acceptors (Lipinski definition) is 1. The minimum Gasteiger partial charge on any atom is -0.306 e. The van der Waals surface area contributed by atoms with Crippen molar-refractivity contribution in [2.24, 2.45) is 0 Å². The van der Waals surface area contributed by atoms with Crippen molar-refractivity contribution in [3.63, 3.8) is 0 Å². The van der Waals surface area contributed by atoms with Gasteiger partial charge in [-0.05, 0) is 18.4 Å². The molecule has 1 aromatic carbocycles. The zero-order valence-corrected chi connectivity index (χ0v) is 11.0. The largest absolute Gasteiger partial charge is 0.326 e. The van der Waals surface area contributed by atoms with E-state index in [1.807, 2.05) is 41.1 Å². The van der Waals surface area contributed by atoms with Crippen LogP contribution < -0.4 is 5.69 Å². The zero-order valence-electron chi connectivity index (χ0n) is 11.0. The number of benzene rings is 1. The molecule has 0 bridgehead atoms. The Morgan fingerprint density at radius 3 is 2.56 bits per heavy atom. The highest BCUT2D eigenvalue weighted by atomic mass is 16.1. The quantitative estimate of drug-likeness (QED) is 0.857. The summed E-state index contributed by atoms with van der Waals surface area (Å²) < 4.78 is 1.84. The van der Waals surface area contributed by atoms with Gasteiger partial charge in [0, 0.05) is 12.2 Å². The Morgan fingerprint density at radius 2 is 1.94 bits per heavy atom. The number of nitrogens with one attached hydrogen (secondary N) is 1. The molecule has 0 aliphatic rings. The summed E-state index contributed by atoms with van der Waals surface area (Å²) in [5.41, 5.74) is 1.95. The lowest BCUT2D eigenvalue weighted by molar-refractivity contribution is 0.437. The second-order valence-electron chi connectivity index (χ2n) is 4.60. The first-order valence-corrected chi connectivity index (χ1v) is 6.62. The first-order valence-electron chi connectivity index (χ1n) is 6.62. The lowest BCUT2D eigenvalue weighted by atomic mass is 10.1. The van der Waals surface area contributed by atoms with Gasteiger partial charge in [0.05, 0.1) is 5.69 Å². The molecule has 1 N–H and O–H groups in total. The second-order valence-corrected chi connectivity index (χ2v) is 4.60. The van der Waals surface area contributed by atoms with Crippen molar-refractivity contribution in [2.45, 2.75) is 39.2 Å². The number of H-pyrrole nitrogens is 1. The van der Waals surface area contributed by atoms with E-state index in [-0.39, 0.29) is 5.69 Å².